The van der Waals surface area contributed by atoms with Crippen LogP contribution in [0.15, 0.2) is 0 Å². The van der Waals surface area contributed by atoms with Crippen molar-refractivity contribution in [3.05, 3.63) is 0 Å². The Morgan fingerprint density at radius 2 is 2.00 bits per heavy atom. The van der Waals surface area contributed by atoms with Crippen LogP contribution >= 0.6 is 11.8 Å². The van der Waals surface area contributed by atoms with E-state index in [1.54, 1.807) is 11.8 Å². The van der Waals surface area contributed by atoms with Gasteiger partial charge in [0.15, 0.2) is 0 Å². The van der Waals surface area contributed by atoms with Gasteiger partial charge < -0.3 is 9.84 Å². The summed E-state index contributed by atoms with van der Waals surface area (Å²) in [5, 5.41) is 10.4. The molecule has 3 heteroatoms. The average molecular weight is 204 g/mol. The van der Waals surface area contributed by atoms with Crippen molar-refractivity contribution < 1.29 is 9.84 Å². The molecule has 1 aliphatic heterocycles. The molecule has 0 aromatic heterocycles. The zero-order valence-electron chi connectivity index (χ0n) is 8.80. The van der Waals surface area contributed by atoms with E-state index in [4.69, 9.17) is 4.74 Å². The third-order valence-corrected chi connectivity index (χ3v) is 4.72. The van der Waals surface area contributed by atoms with Crippen LogP contribution < -0.4 is 0 Å². The molecule has 1 aliphatic rings. The SMILES string of the molecule is CCC(O)(CC)C1(CC)OCCS1. The van der Waals surface area contributed by atoms with Crippen LogP contribution in [0.1, 0.15) is 40.0 Å². The molecule has 1 atom stereocenters. The molecule has 1 saturated heterocycles. The molecule has 1 rings (SSSR count). The van der Waals surface area contributed by atoms with Crippen LogP contribution in [0.5, 0.6) is 0 Å². The minimum Gasteiger partial charge on any atom is -0.386 e. The van der Waals surface area contributed by atoms with Crippen LogP contribution in [-0.4, -0.2) is 28.0 Å². The number of ether oxygens (including phenoxy) is 1. The van der Waals surface area contributed by atoms with Gasteiger partial charge in [-0.3, -0.25) is 0 Å². The third kappa shape index (κ3) is 1.74. The van der Waals surface area contributed by atoms with Crippen molar-refractivity contribution in [2.45, 2.75) is 50.6 Å². The fourth-order valence-electron chi connectivity index (χ4n) is 2.05. The predicted molar refractivity (Wildman–Crippen MR) is 57.0 cm³/mol. The first-order valence-electron chi connectivity index (χ1n) is 5.14. The molecule has 13 heavy (non-hydrogen) atoms. The molecule has 1 unspecified atom stereocenters. The topological polar surface area (TPSA) is 29.5 Å². The molecular weight excluding hydrogens is 184 g/mol. The van der Waals surface area contributed by atoms with Crippen molar-refractivity contribution in [2.24, 2.45) is 0 Å². The van der Waals surface area contributed by atoms with Gasteiger partial charge in [0.25, 0.3) is 0 Å². The first kappa shape index (κ1) is 11.3. The van der Waals surface area contributed by atoms with E-state index in [0.29, 0.717) is 0 Å². The maximum absolute atomic E-state index is 10.4. The Balaban J connectivity index is 2.84. The van der Waals surface area contributed by atoms with Gasteiger partial charge in [-0.05, 0) is 19.3 Å². The van der Waals surface area contributed by atoms with E-state index < -0.39 is 5.60 Å². The quantitative estimate of drug-likeness (QED) is 0.762. The predicted octanol–water partition coefficient (Wildman–Crippen LogP) is 2.41. The Kier molecular flexibility index (Phi) is 3.66. The molecule has 0 radical (unpaired) electrons. The lowest BCUT2D eigenvalue weighted by molar-refractivity contribution is -0.125. The molecule has 1 fully saturated rings. The Hall–Kier alpha value is 0.270. The highest BCUT2D eigenvalue weighted by atomic mass is 32.2. The normalized spacial score (nSPS) is 29.5. The smallest absolute Gasteiger partial charge is 0.142 e. The van der Waals surface area contributed by atoms with Crippen molar-refractivity contribution in [1.82, 2.24) is 0 Å². The van der Waals surface area contributed by atoms with Crippen LogP contribution in [0.25, 0.3) is 0 Å². The van der Waals surface area contributed by atoms with E-state index in [-0.39, 0.29) is 4.93 Å². The van der Waals surface area contributed by atoms with Crippen LogP contribution in [0.2, 0.25) is 0 Å². The molecule has 0 saturated carbocycles. The molecule has 1 heterocycles. The summed E-state index contributed by atoms with van der Waals surface area (Å²) in [7, 11) is 0. The monoisotopic (exact) mass is 204 g/mol. The Labute approximate surface area is 85.0 Å². The zero-order chi connectivity index (χ0) is 9.95. The van der Waals surface area contributed by atoms with Crippen LogP contribution in [-0.2, 0) is 4.74 Å². The van der Waals surface area contributed by atoms with Crippen molar-refractivity contribution in [3.8, 4) is 0 Å². The molecule has 2 nitrogen and oxygen atoms in total. The first-order chi connectivity index (χ1) is 6.14. The molecule has 0 bridgehead atoms. The average Bonchev–Trinajstić information content (AvgIpc) is 2.66. The minimum atomic E-state index is -0.650. The fraction of sp³-hybridized carbons (Fsp3) is 1.00. The Morgan fingerprint density at radius 1 is 1.38 bits per heavy atom. The lowest BCUT2D eigenvalue weighted by Gasteiger charge is -2.42. The van der Waals surface area contributed by atoms with Gasteiger partial charge in [-0.2, -0.15) is 0 Å². The number of hydrogen-bond acceptors (Lipinski definition) is 3. The van der Waals surface area contributed by atoms with E-state index in [1.807, 2.05) is 13.8 Å². The van der Waals surface area contributed by atoms with E-state index in [2.05, 4.69) is 6.92 Å². The molecule has 0 amide bonds. The third-order valence-electron chi connectivity index (χ3n) is 3.10. The lowest BCUT2D eigenvalue weighted by atomic mass is 9.88. The second kappa shape index (κ2) is 4.20. The molecule has 0 aromatic rings. The summed E-state index contributed by atoms with van der Waals surface area (Å²) in [6, 6.07) is 0. The van der Waals surface area contributed by atoms with E-state index in [1.165, 1.54) is 0 Å². The summed E-state index contributed by atoms with van der Waals surface area (Å²) in [6.45, 7) is 6.93. The van der Waals surface area contributed by atoms with Gasteiger partial charge in [0.05, 0.1) is 6.61 Å². The number of aliphatic hydroxyl groups is 1. The number of hydrogen-bond donors (Lipinski definition) is 1. The van der Waals surface area contributed by atoms with Gasteiger partial charge in [0.1, 0.15) is 10.5 Å². The van der Waals surface area contributed by atoms with Gasteiger partial charge in [0.2, 0.25) is 0 Å². The largest absolute Gasteiger partial charge is 0.386 e. The number of thioether (sulfide) groups is 1. The Morgan fingerprint density at radius 3 is 2.31 bits per heavy atom. The lowest BCUT2D eigenvalue weighted by Crippen LogP contribution is -2.50. The second-order valence-electron chi connectivity index (χ2n) is 3.54. The molecular formula is C10H20O2S. The van der Waals surface area contributed by atoms with E-state index in [9.17, 15) is 5.11 Å². The summed E-state index contributed by atoms with van der Waals surface area (Å²) in [5.41, 5.74) is -0.650. The Bertz CT molecular complexity index is 160. The summed E-state index contributed by atoms with van der Waals surface area (Å²) in [4.78, 5) is -0.337. The molecule has 0 spiro atoms. The fourth-order valence-corrected chi connectivity index (χ4v) is 3.47. The van der Waals surface area contributed by atoms with E-state index >= 15 is 0 Å². The number of rotatable bonds is 4. The van der Waals surface area contributed by atoms with Crippen LogP contribution in [0.3, 0.4) is 0 Å². The minimum absolute atomic E-state index is 0.337. The van der Waals surface area contributed by atoms with Crippen molar-refractivity contribution >= 4 is 11.8 Å². The molecule has 0 aliphatic carbocycles. The summed E-state index contributed by atoms with van der Waals surface area (Å²) < 4.78 is 5.75. The van der Waals surface area contributed by atoms with Gasteiger partial charge >= 0.3 is 0 Å². The summed E-state index contributed by atoms with van der Waals surface area (Å²) in [6.07, 6.45) is 2.42. The summed E-state index contributed by atoms with van der Waals surface area (Å²) in [5.74, 6) is 1.01. The highest BCUT2D eigenvalue weighted by Gasteiger charge is 2.50. The van der Waals surface area contributed by atoms with E-state index in [0.717, 1.165) is 31.6 Å². The van der Waals surface area contributed by atoms with Crippen LogP contribution in [0.4, 0.5) is 0 Å². The zero-order valence-corrected chi connectivity index (χ0v) is 9.62. The maximum atomic E-state index is 10.4. The highest BCUT2D eigenvalue weighted by Crippen LogP contribution is 2.47. The van der Waals surface area contributed by atoms with Crippen molar-refractivity contribution in [1.29, 1.82) is 0 Å². The van der Waals surface area contributed by atoms with Gasteiger partial charge in [-0.15, -0.1) is 11.8 Å². The standard InChI is InChI=1S/C10H20O2S/c1-4-9(11,5-2)10(6-3)12-7-8-13-10/h11H,4-8H2,1-3H3. The second-order valence-corrected chi connectivity index (χ2v) is 4.90. The molecule has 78 valence electrons. The molecule has 1 N–H and O–H groups in total. The van der Waals surface area contributed by atoms with Gasteiger partial charge in [0, 0.05) is 5.75 Å². The highest BCUT2D eigenvalue weighted by molar-refractivity contribution is 8.00. The summed E-state index contributed by atoms with van der Waals surface area (Å²) >= 11 is 1.77. The van der Waals surface area contributed by atoms with Gasteiger partial charge in [-0.25, -0.2) is 0 Å². The van der Waals surface area contributed by atoms with Crippen molar-refractivity contribution in [2.75, 3.05) is 12.4 Å². The first-order valence-corrected chi connectivity index (χ1v) is 6.13. The van der Waals surface area contributed by atoms with Crippen LogP contribution in [0, 0.1) is 0 Å². The van der Waals surface area contributed by atoms with Crippen molar-refractivity contribution in [3.63, 3.8) is 0 Å². The molecule has 0 aromatic carbocycles. The van der Waals surface area contributed by atoms with Gasteiger partial charge in [-0.1, -0.05) is 20.8 Å². The maximum Gasteiger partial charge on any atom is 0.142 e.